The van der Waals surface area contributed by atoms with E-state index in [1.165, 1.54) is 7.11 Å². The number of aryl methyl sites for hydroxylation is 2. The molecule has 0 atom stereocenters. The number of hydrogen-bond acceptors (Lipinski definition) is 4. The Morgan fingerprint density at radius 3 is 2.75 bits per heavy atom. The number of H-pyrrole nitrogens is 1. The van der Waals surface area contributed by atoms with Gasteiger partial charge < -0.3 is 9.72 Å². The molecule has 0 amide bonds. The molecule has 0 aromatic carbocycles. The monoisotopic (exact) mass is 220 g/mol. The molecule has 6 nitrogen and oxygen atoms in total. The molecule has 2 heterocycles. The van der Waals surface area contributed by atoms with Crippen molar-refractivity contribution in [3.05, 3.63) is 28.3 Å². The third-order valence-corrected chi connectivity index (χ3v) is 2.31. The Kier molecular flexibility index (Phi) is 2.47. The van der Waals surface area contributed by atoms with Crippen LogP contribution in [0.2, 0.25) is 0 Å². The number of nitrogens with zero attached hydrogens (tertiary/aromatic N) is 3. The predicted molar refractivity (Wildman–Crippen MR) is 58.3 cm³/mol. The highest BCUT2D eigenvalue weighted by molar-refractivity contribution is 5.49. The summed E-state index contributed by atoms with van der Waals surface area (Å²) < 4.78 is 6.59. The third-order valence-electron chi connectivity index (χ3n) is 2.31. The number of rotatable bonds is 2. The quantitative estimate of drug-likeness (QED) is 0.799. The normalized spacial score (nSPS) is 10.4. The van der Waals surface area contributed by atoms with E-state index in [2.05, 4.69) is 15.1 Å². The summed E-state index contributed by atoms with van der Waals surface area (Å²) in [5.74, 6) is 0.731. The highest BCUT2D eigenvalue weighted by atomic mass is 16.5. The number of aromatic amines is 1. The van der Waals surface area contributed by atoms with Gasteiger partial charge in [0.2, 0.25) is 5.75 Å². The minimum atomic E-state index is -0.286. The summed E-state index contributed by atoms with van der Waals surface area (Å²) in [7, 11) is 3.23. The van der Waals surface area contributed by atoms with Crippen molar-refractivity contribution in [2.45, 2.75) is 6.92 Å². The van der Waals surface area contributed by atoms with Gasteiger partial charge in [0.15, 0.2) is 5.82 Å². The lowest BCUT2D eigenvalue weighted by Gasteiger charge is -2.05. The van der Waals surface area contributed by atoms with Gasteiger partial charge >= 0.3 is 0 Å². The van der Waals surface area contributed by atoms with Gasteiger partial charge in [-0.05, 0) is 13.0 Å². The molecule has 0 aliphatic carbocycles. The Balaban J connectivity index is 2.61. The van der Waals surface area contributed by atoms with Gasteiger partial charge in [0.1, 0.15) is 5.69 Å². The van der Waals surface area contributed by atoms with Gasteiger partial charge in [-0.25, -0.2) is 4.98 Å². The molecule has 0 bridgehead atoms. The lowest BCUT2D eigenvalue weighted by molar-refractivity contribution is 0.402. The van der Waals surface area contributed by atoms with Gasteiger partial charge in [0.25, 0.3) is 5.56 Å². The Bertz CT molecular complexity index is 570. The minimum Gasteiger partial charge on any atom is -0.490 e. The summed E-state index contributed by atoms with van der Waals surface area (Å²) in [6, 6.07) is 1.78. The summed E-state index contributed by atoms with van der Waals surface area (Å²) >= 11 is 0. The smallest absolute Gasteiger partial charge is 0.293 e. The highest BCUT2D eigenvalue weighted by Crippen LogP contribution is 2.15. The summed E-state index contributed by atoms with van der Waals surface area (Å²) in [5.41, 5.74) is 1.02. The Hall–Kier alpha value is -2.11. The molecule has 0 radical (unpaired) electrons. The van der Waals surface area contributed by atoms with E-state index in [0.717, 1.165) is 5.69 Å². The van der Waals surface area contributed by atoms with Crippen molar-refractivity contribution in [1.82, 2.24) is 19.7 Å². The van der Waals surface area contributed by atoms with Crippen LogP contribution in [0.1, 0.15) is 5.69 Å². The number of hydrogen-bond donors (Lipinski definition) is 1. The Morgan fingerprint density at radius 2 is 2.25 bits per heavy atom. The van der Waals surface area contributed by atoms with E-state index in [9.17, 15) is 4.79 Å². The van der Waals surface area contributed by atoms with Crippen LogP contribution >= 0.6 is 0 Å². The molecule has 2 aromatic heterocycles. The van der Waals surface area contributed by atoms with Crippen LogP contribution in [0.3, 0.4) is 0 Å². The molecule has 16 heavy (non-hydrogen) atoms. The van der Waals surface area contributed by atoms with Crippen LogP contribution in [0.15, 0.2) is 17.1 Å². The van der Waals surface area contributed by atoms with Crippen molar-refractivity contribution in [1.29, 1.82) is 0 Å². The standard InChI is InChI=1S/C10H12N4O2/c1-6-8(16-3)10(15)13-9(12-6)7-4-5-11-14(7)2/h4-5H,1-3H3,(H,12,13,15). The van der Waals surface area contributed by atoms with E-state index in [1.807, 2.05) is 0 Å². The first-order valence-electron chi connectivity index (χ1n) is 4.76. The average molecular weight is 220 g/mol. The number of aromatic nitrogens is 4. The van der Waals surface area contributed by atoms with Gasteiger partial charge in [0, 0.05) is 13.2 Å². The first-order valence-corrected chi connectivity index (χ1v) is 4.76. The van der Waals surface area contributed by atoms with E-state index in [-0.39, 0.29) is 11.3 Å². The van der Waals surface area contributed by atoms with Crippen molar-refractivity contribution in [3.8, 4) is 17.3 Å². The molecule has 84 valence electrons. The first-order chi connectivity index (χ1) is 7.63. The highest BCUT2D eigenvalue weighted by Gasteiger charge is 2.11. The van der Waals surface area contributed by atoms with Crippen LogP contribution in [0.25, 0.3) is 11.5 Å². The molecule has 0 aliphatic rings. The Morgan fingerprint density at radius 1 is 1.50 bits per heavy atom. The number of nitrogens with one attached hydrogen (secondary N) is 1. The van der Waals surface area contributed by atoms with E-state index in [4.69, 9.17) is 4.74 Å². The maximum atomic E-state index is 11.6. The molecule has 0 fully saturated rings. The zero-order chi connectivity index (χ0) is 11.7. The summed E-state index contributed by atoms with van der Waals surface area (Å²) in [6.07, 6.45) is 1.65. The van der Waals surface area contributed by atoms with E-state index in [1.54, 1.807) is 30.9 Å². The summed E-state index contributed by atoms with van der Waals surface area (Å²) in [6.45, 7) is 1.73. The predicted octanol–water partition coefficient (Wildman–Crippen LogP) is 0.487. The SMILES string of the molecule is COc1c(C)nc(-c2ccnn2C)[nH]c1=O. The molecule has 2 rings (SSSR count). The van der Waals surface area contributed by atoms with Crippen molar-refractivity contribution >= 4 is 0 Å². The topological polar surface area (TPSA) is 72.8 Å². The average Bonchev–Trinajstić information content (AvgIpc) is 2.64. The van der Waals surface area contributed by atoms with Crippen molar-refractivity contribution in [3.63, 3.8) is 0 Å². The Labute approximate surface area is 91.9 Å². The van der Waals surface area contributed by atoms with Crippen molar-refractivity contribution in [2.24, 2.45) is 7.05 Å². The second-order valence-electron chi connectivity index (χ2n) is 3.37. The third kappa shape index (κ3) is 1.58. The van der Waals surface area contributed by atoms with Gasteiger partial charge in [-0.15, -0.1) is 0 Å². The van der Waals surface area contributed by atoms with Gasteiger partial charge in [0.05, 0.1) is 12.8 Å². The lowest BCUT2D eigenvalue weighted by Crippen LogP contribution is -2.14. The zero-order valence-electron chi connectivity index (χ0n) is 9.31. The molecule has 0 unspecified atom stereocenters. The fraction of sp³-hybridized carbons (Fsp3) is 0.300. The molecule has 0 saturated carbocycles. The molecule has 0 saturated heterocycles. The molecule has 6 heteroatoms. The molecule has 1 N–H and O–H groups in total. The maximum Gasteiger partial charge on any atom is 0.293 e. The minimum absolute atomic E-state index is 0.242. The summed E-state index contributed by atoms with van der Waals surface area (Å²) in [5, 5.41) is 4.02. The number of methoxy groups -OCH3 is 1. The lowest BCUT2D eigenvalue weighted by atomic mass is 10.3. The molecule has 0 aliphatic heterocycles. The number of ether oxygens (including phenoxy) is 1. The fourth-order valence-electron chi connectivity index (χ4n) is 1.54. The van der Waals surface area contributed by atoms with Crippen LogP contribution in [-0.4, -0.2) is 26.9 Å². The zero-order valence-corrected chi connectivity index (χ0v) is 9.31. The van der Waals surface area contributed by atoms with Crippen LogP contribution in [0.5, 0.6) is 5.75 Å². The second kappa shape index (κ2) is 3.80. The van der Waals surface area contributed by atoms with Gasteiger partial charge in [-0.2, -0.15) is 5.10 Å². The molecular weight excluding hydrogens is 208 g/mol. The van der Waals surface area contributed by atoms with E-state index < -0.39 is 0 Å². The maximum absolute atomic E-state index is 11.6. The summed E-state index contributed by atoms with van der Waals surface area (Å²) in [4.78, 5) is 18.6. The van der Waals surface area contributed by atoms with Crippen LogP contribution < -0.4 is 10.3 Å². The molecule has 0 spiro atoms. The van der Waals surface area contributed by atoms with Crippen LogP contribution in [-0.2, 0) is 7.05 Å². The fourth-order valence-corrected chi connectivity index (χ4v) is 1.54. The van der Waals surface area contributed by atoms with Gasteiger partial charge in [-0.3, -0.25) is 9.48 Å². The van der Waals surface area contributed by atoms with Crippen LogP contribution in [0, 0.1) is 6.92 Å². The van der Waals surface area contributed by atoms with Crippen molar-refractivity contribution in [2.75, 3.05) is 7.11 Å². The first kappa shape index (κ1) is 10.4. The molecular formula is C10H12N4O2. The van der Waals surface area contributed by atoms with Crippen LogP contribution in [0.4, 0.5) is 0 Å². The molecule has 2 aromatic rings. The van der Waals surface area contributed by atoms with E-state index in [0.29, 0.717) is 11.5 Å². The largest absolute Gasteiger partial charge is 0.490 e. The van der Waals surface area contributed by atoms with E-state index >= 15 is 0 Å². The van der Waals surface area contributed by atoms with Gasteiger partial charge in [-0.1, -0.05) is 0 Å². The second-order valence-corrected chi connectivity index (χ2v) is 3.37. The van der Waals surface area contributed by atoms with Crippen molar-refractivity contribution < 1.29 is 4.74 Å².